The van der Waals surface area contributed by atoms with Crippen LogP contribution in [0.4, 0.5) is 0 Å². The third-order valence-electron chi connectivity index (χ3n) is 2.82. The third-order valence-corrected chi connectivity index (χ3v) is 3.75. The zero-order valence-electron chi connectivity index (χ0n) is 10.9. The molecule has 0 unspecified atom stereocenters. The van der Waals surface area contributed by atoms with Gasteiger partial charge in [0.05, 0.1) is 19.8 Å². The van der Waals surface area contributed by atoms with E-state index in [-0.39, 0.29) is 5.78 Å². The van der Waals surface area contributed by atoms with Gasteiger partial charge in [0.25, 0.3) is 0 Å². The highest BCUT2D eigenvalue weighted by atomic mass is 79.9. The van der Waals surface area contributed by atoms with Gasteiger partial charge in [-0.05, 0) is 36.4 Å². The molecule has 0 aromatic heterocycles. The number of ketones is 1. The van der Waals surface area contributed by atoms with E-state index in [0.717, 1.165) is 0 Å². The van der Waals surface area contributed by atoms with Gasteiger partial charge in [-0.2, -0.15) is 0 Å². The van der Waals surface area contributed by atoms with Crippen LogP contribution in [-0.2, 0) is 0 Å². The summed E-state index contributed by atoms with van der Waals surface area (Å²) < 4.78 is 11.1. The molecule has 104 valence electrons. The maximum atomic E-state index is 12.6. The molecule has 0 aliphatic rings. The molecule has 0 heterocycles. The van der Waals surface area contributed by atoms with Crippen molar-refractivity contribution in [1.29, 1.82) is 0 Å². The highest BCUT2D eigenvalue weighted by molar-refractivity contribution is 9.10. The highest BCUT2D eigenvalue weighted by Gasteiger charge is 2.18. The lowest BCUT2D eigenvalue weighted by molar-refractivity contribution is 0.103. The summed E-state index contributed by atoms with van der Waals surface area (Å²) >= 11 is 9.31. The second-order valence-electron chi connectivity index (χ2n) is 4.02. The molecule has 2 aromatic rings. The van der Waals surface area contributed by atoms with E-state index in [9.17, 15) is 4.79 Å². The second kappa shape index (κ2) is 6.29. The molecule has 0 N–H and O–H groups in total. The fourth-order valence-electron chi connectivity index (χ4n) is 1.81. The standard InChI is InChI=1S/C15H12BrClO3/c1-19-10-4-6-14(20-2)12(8-10)15(18)11-7-9(17)3-5-13(11)16/h3-8H,1-2H3. The molecule has 2 rings (SSSR count). The van der Waals surface area contributed by atoms with Crippen molar-refractivity contribution in [3.63, 3.8) is 0 Å². The van der Waals surface area contributed by atoms with Gasteiger partial charge in [0.15, 0.2) is 5.78 Å². The molecule has 0 radical (unpaired) electrons. The third kappa shape index (κ3) is 2.97. The summed E-state index contributed by atoms with van der Waals surface area (Å²) in [6, 6.07) is 10.2. The fourth-order valence-corrected chi connectivity index (χ4v) is 2.41. The summed E-state index contributed by atoms with van der Waals surface area (Å²) in [5.74, 6) is 0.894. The van der Waals surface area contributed by atoms with Crippen molar-refractivity contribution >= 4 is 33.3 Å². The average Bonchev–Trinajstić information content (AvgIpc) is 2.48. The molecule has 20 heavy (non-hydrogen) atoms. The number of carbonyl (C=O) groups excluding carboxylic acids is 1. The summed E-state index contributed by atoms with van der Waals surface area (Å²) in [4.78, 5) is 12.6. The molecule has 2 aromatic carbocycles. The van der Waals surface area contributed by atoms with Crippen LogP contribution in [0.3, 0.4) is 0 Å². The highest BCUT2D eigenvalue weighted by Crippen LogP contribution is 2.30. The topological polar surface area (TPSA) is 35.5 Å². The first kappa shape index (κ1) is 14.9. The number of hydrogen-bond donors (Lipinski definition) is 0. The van der Waals surface area contributed by atoms with Crippen LogP contribution < -0.4 is 9.47 Å². The largest absolute Gasteiger partial charge is 0.497 e. The van der Waals surface area contributed by atoms with Crippen LogP contribution >= 0.6 is 27.5 Å². The van der Waals surface area contributed by atoms with E-state index >= 15 is 0 Å². The maximum absolute atomic E-state index is 12.6. The van der Waals surface area contributed by atoms with Crippen molar-refractivity contribution in [2.75, 3.05) is 14.2 Å². The molecular weight excluding hydrogens is 344 g/mol. The summed E-state index contributed by atoms with van der Waals surface area (Å²) in [5, 5.41) is 0.499. The van der Waals surface area contributed by atoms with Gasteiger partial charge < -0.3 is 9.47 Å². The predicted molar refractivity (Wildman–Crippen MR) is 82.1 cm³/mol. The number of methoxy groups -OCH3 is 2. The first-order valence-corrected chi connectivity index (χ1v) is 6.95. The Balaban J connectivity index is 2.54. The van der Waals surface area contributed by atoms with Gasteiger partial charge in [-0.25, -0.2) is 0 Å². The molecule has 0 amide bonds. The van der Waals surface area contributed by atoms with Crippen LogP contribution in [0.5, 0.6) is 11.5 Å². The van der Waals surface area contributed by atoms with E-state index in [1.807, 2.05) is 0 Å². The van der Waals surface area contributed by atoms with E-state index in [0.29, 0.717) is 32.1 Å². The lowest BCUT2D eigenvalue weighted by Crippen LogP contribution is -2.05. The second-order valence-corrected chi connectivity index (χ2v) is 5.31. The average molecular weight is 356 g/mol. The molecule has 0 saturated heterocycles. The van der Waals surface area contributed by atoms with E-state index in [1.54, 1.807) is 43.5 Å². The first-order valence-electron chi connectivity index (χ1n) is 5.78. The number of halogens is 2. The van der Waals surface area contributed by atoms with Crippen LogP contribution in [0.2, 0.25) is 5.02 Å². The predicted octanol–water partition coefficient (Wildman–Crippen LogP) is 4.35. The molecule has 0 saturated carbocycles. The van der Waals surface area contributed by atoms with Gasteiger partial charge in [-0.1, -0.05) is 27.5 Å². The van der Waals surface area contributed by atoms with Crippen molar-refractivity contribution in [2.24, 2.45) is 0 Å². The smallest absolute Gasteiger partial charge is 0.198 e. The summed E-state index contributed by atoms with van der Waals surface area (Å²) in [7, 11) is 3.07. The van der Waals surface area contributed by atoms with Crippen LogP contribution in [0.1, 0.15) is 15.9 Å². The molecule has 3 nitrogen and oxygen atoms in total. The molecule has 0 aliphatic heterocycles. The van der Waals surface area contributed by atoms with Crippen LogP contribution in [-0.4, -0.2) is 20.0 Å². The zero-order valence-corrected chi connectivity index (χ0v) is 13.3. The van der Waals surface area contributed by atoms with Crippen molar-refractivity contribution in [3.05, 3.63) is 57.0 Å². The Labute approximate surface area is 130 Å². The van der Waals surface area contributed by atoms with Crippen molar-refractivity contribution in [1.82, 2.24) is 0 Å². The van der Waals surface area contributed by atoms with Crippen LogP contribution in [0.25, 0.3) is 0 Å². The zero-order chi connectivity index (χ0) is 14.7. The Bertz CT molecular complexity index is 656. The first-order chi connectivity index (χ1) is 9.56. The molecule has 0 aliphatic carbocycles. The van der Waals surface area contributed by atoms with Gasteiger partial charge in [0.2, 0.25) is 0 Å². The van der Waals surface area contributed by atoms with E-state index in [1.165, 1.54) is 7.11 Å². The molecule has 5 heteroatoms. The molecule has 0 atom stereocenters. The molecule has 0 fully saturated rings. The number of carbonyl (C=O) groups is 1. The maximum Gasteiger partial charge on any atom is 0.198 e. The minimum absolute atomic E-state index is 0.185. The van der Waals surface area contributed by atoms with Crippen molar-refractivity contribution in [3.8, 4) is 11.5 Å². The Morgan fingerprint density at radius 3 is 2.45 bits per heavy atom. The quantitative estimate of drug-likeness (QED) is 0.765. The van der Waals surface area contributed by atoms with Gasteiger partial charge in [-0.3, -0.25) is 4.79 Å². The SMILES string of the molecule is COc1ccc(OC)c(C(=O)c2cc(Cl)ccc2Br)c1. The summed E-state index contributed by atoms with van der Waals surface area (Å²) in [5.41, 5.74) is 0.902. The van der Waals surface area contributed by atoms with Gasteiger partial charge in [0, 0.05) is 15.1 Å². The van der Waals surface area contributed by atoms with Gasteiger partial charge in [-0.15, -0.1) is 0 Å². The Hall–Kier alpha value is -1.52. The van der Waals surface area contributed by atoms with Gasteiger partial charge >= 0.3 is 0 Å². The number of hydrogen-bond acceptors (Lipinski definition) is 3. The van der Waals surface area contributed by atoms with E-state index in [4.69, 9.17) is 21.1 Å². The Kier molecular flexibility index (Phi) is 4.68. The van der Waals surface area contributed by atoms with Crippen LogP contribution in [0, 0.1) is 0 Å². The lowest BCUT2D eigenvalue weighted by atomic mass is 10.0. The summed E-state index contributed by atoms with van der Waals surface area (Å²) in [6.45, 7) is 0. The molecule has 0 spiro atoms. The van der Waals surface area contributed by atoms with Crippen molar-refractivity contribution in [2.45, 2.75) is 0 Å². The normalized spacial score (nSPS) is 10.2. The monoisotopic (exact) mass is 354 g/mol. The Morgan fingerprint density at radius 1 is 1.05 bits per heavy atom. The summed E-state index contributed by atoms with van der Waals surface area (Å²) in [6.07, 6.45) is 0. The Morgan fingerprint density at radius 2 is 1.80 bits per heavy atom. The number of benzene rings is 2. The lowest BCUT2D eigenvalue weighted by Gasteiger charge is -2.11. The van der Waals surface area contributed by atoms with Crippen molar-refractivity contribution < 1.29 is 14.3 Å². The van der Waals surface area contributed by atoms with E-state index in [2.05, 4.69) is 15.9 Å². The molecular formula is C15H12BrClO3. The number of rotatable bonds is 4. The van der Waals surface area contributed by atoms with E-state index < -0.39 is 0 Å². The minimum atomic E-state index is -0.185. The minimum Gasteiger partial charge on any atom is -0.497 e. The molecule has 0 bridgehead atoms. The number of ether oxygens (including phenoxy) is 2. The van der Waals surface area contributed by atoms with Crippen LogP contribution in [0.15, 0.2) is 40.9 Å². The van der Waals surface area contributed by atoms with Gasteiger partial charge in [0.1, 0.15) is 11.5 Å². The fraction of sp³-hybridized carbons (Fsp3) is 0.133.